The van der Waals surface area contributed by atoms with E-state index in [1.54, 1.807) is 52.5 Å². The molecule has 2 N–H and O–H groups in total. The van der Waals surface area contributed by atoms with E-state index in [2.05, 4.69) is 30.8 Å². The van der Waals surface area contributed by atoms with Crippen molar-refractivity contribution in [2.75, 3.05) is 81.9 Å². The second-order valence-corrected chi connectivity index (χ2v) is 17.5. The van der Waals surface area contributed by atoms with E-state index in [4.69, 9.17) is 26.6 Å². The van der Waals surface area contributed by atoms with Gasteiger partial charge in [-0.3, -0.25) is 19.8 Å². The Labute approximate surface area is 263 Å². The molecule has 0 fully saturated rings. The van der Waals surface area contributed by atoms with Crippen LogP contribution in [0.5, 0.6) is 0 Å². The Kier molecular flexibility index (Phi) is 14.5. The van der Waals surface area contributed by atoms with E-state index in [1.165, 1.54) is 0 Å². The van der Waals surface area contributed by atoms with Gasteiger partial charge in [-0.2, -0.15) is 10.2 Å². The van der Waals surface area contributed by atoms with Crippen LogP contribution < -0.4 is 10.6 Å². The molecule has 2 rings (SSSR count). The molecule has 2 aliphatic heterocycles. The van der Waals surface area contributed by atoms with E-state index in [9.17, 15) is 9.59 Å². The number of rotatable bonds is 18. The summed E-state index contributed by atoms with van der Waals surface area (Å²) in [6.07, 6.45) is 1.26. The van der Waals surface area contributed by atoms with Crippen molar-refractivity contribution in [1.29, 1.82) is 0 Å². The maximum absolute atomic E-state index is 13.1. The first kappa shape index (κ1) is 37.9. The van der Waals surface area contributed by atoms with Crippen molar-refractivity contribution in [2.24, 2.45) is 20.2 Å². The summed E-state index contributed by atoms with van der Waals surface area (Å²) in [4.78, 5) is 38.5. The number of carbonyl (C=O) groups excluding carboxylic acids is 2. The lowest BCUT2D eigenvalue weighted by Crippen LogP contribution is -2.51. The van der Waals surface area contributed by atoms with Gasteiger partial charge < -0.3 is 37.2 Å². The molecule has 0 radical (unpaired) electrons. The average Bonchev–Trinajstić information content (AvgIpc) is 3.73. The summed E-state index contributed by atoms with van der Waals surface area (Å²) in [5.41, 5.74) is -1.80. The Balaban J connectivity index is 1.98. The van der Waals surface area contributed by atoms with Gasteiger partial charge in [0.05, 0.1) is 13.1 Å². The van der Waals surface area contributed by atoms with Gasteiger partial charge in [0.2, 0.25) is 0 Å². The summed E-state index contributed by atoms with van der Waals surface area (Å²) in [6, 6.07) is 0.632. The van der Waals surface area contributed by atoms with Gasteiger partial charge in [0, 0.05) is 80.9 Å². The number of urea groups is 2. The molecule has 0 spiro atoms. The summed E-state index contributed by atoms with van der Waals surface area (Å²) >= 11 is 0. The molecule has 2 aliphatic rings. The van der Waals surface area contributed by atoms with E-state index in [-0.39, 0.29) is 12.1 Å². The van der Waals surface area contributed by atoms with Crippen LogP contribution in [-0.2, 0) is 26.6 Å². The Morgan fingerprint density at radius 1 is 0.682 bits per heavy atom. The van der Waals surface area contributed by atoms with Crippen LogP contribution in [0.15, 0.2) is 20.2 Å². The number of nitrogens with zero attached hydrogens (tertiary/aromatic N) is 6. The fraction of sp³-hybridized carbons (Fsp3) is 0.846. The van der Waals surface area contributed by atoms with E-state index in [0.717, 1.165) is 0 Å². The number of amides is 4. The molecule has 18 heteroatoms. The Bertz CT molecular complexity index is 955. The number of nitrogens with one attached hydrogen (secondary N) is 2. The Morgan fingerprint density at radius 2 is 1.00 bits per heavy atom. The lowest BCUT2D eigenvalue weighted by atomic mass is 10.0. The maximum Gasteiger partial charge on any atom is 0.500 e. The first-order valence-electron chi connectivity index (χ1n) is 14.8. The van der Waals surface area contributed by atoms with Crippen LogP contribution in [0.25, 0.3) is 0 Å². The lowest BCUT2D eigenvalue weighted by Gasteiger charge is -2.30. The van der Waals surface area contributed by atoms with Crippen LogP contribution in [0.2, 0.25) is 12.1 Å². The lowest BCUT2D eigenvalue weighted by molar-refractivity contribution is 0.122. The van der Waals surface area contributed by atoms with Gasteiger partial charge in [-0.05, 0) is 40.5 Å². The minimum atomic E-state index is -2.70. The second-order valence-electron chi connectivity index (χ2n) is 11.3. The molecule has 0 bridgehead atoms. The fourth-order valence-corrected chi connectivity index (χ4v) is 8.42. The molecule has 0 saturated heterocycles. The minimum Gasteiger partial charge on any atom is -0.377 e. The third kappa shape index (κ3) is 9.59. The second kappa shape index (κ2) is 16.8. The highest BCUT2D eigenvalue weighted by atomic mass is 28.4. The van der Waals surface area contributed by atoms with Gasteiger partial charge in [0.15, 0.2) is 0 Å². The monoisotopic (exact) mass is 660 g/mol. The van der Waals surface area contributed by atoms with Crippen molar-refractivity contribution in [3.63, 3.8) is 0 Å². The molecular formula is C26H52N8O8Si2. The molecular weight excluding hydrogens is 609 g/mol. The largest absolute Gasteiger partial charge is 0.500 e. The van der Waals surface area contributed by atoms with Gasteiger partial charge in [0.25, 0.3) is 0 Å². The average molecular weight is 661 g/mol. The van der Waals surface area contributed by atoms with Crippen molar-refractivity contribution >= 4 is 41.3 Å². The van der Waals surface area contributed by atoms with Crippen LogP contribution in [-0.4, -0.2) is 144 Å². The summed E-state index contributed by atoms with van der Waals surface area (Å²) in [5.74, 6) is 1.05. The van der Waals surface area contributed by atoms with Gasteiger partial charge in [0.1, 0.15) is 22.7 Å². The first-order valence-corrected chi connectivity index (χ1v) is 18.6. The molecule has 0 aromatic rings. The van der Waals surface area contributed by atoms with Crippen LogP contribution in [0.1, 0.15) is 40.5 Å². The standard InChI is InChI=1S/C26H52N8O8Si2/c1-25(2,21-27-15-17-33(21)23(35)29-13-11-19-43(37-5,38-6)39-7)31-32-26(3,4)22-28-16-18-34(22)24(36)30-14-12-20-44(40-8,41-9)42-10/h11-20H2,1-10H3,(H,29,35)(H,30,36). The molecule has 0 atom stereocenters. The van der Waals surface area contributed by atoms with Crippen molar-refractivity contribution in [3.8, 4) is 0 Å². The van der Waals surface area contributed by atoms with Crippen molar-refractivity contribution < 1.29 is 36.1 Å². The van der Waals surface area contributed by atoms with Gasteiger partial charge in [-0.1, -0.05) is 0 Å². The van der Waals surface area contributed by atoms with Crippen LogP contribution in [0.4, 0.5) is 9.59 Å². The van der Waals surface area contributed by atoms with Crippen LogP contribution in [0, 0.1) is 0 Å². The molecule has 4 amide bonds. The van der Waals surface area contributed by atoms with Gasteiger partial charge in [-0.25, -0.2) is 9.59 Å². The van der Waals surface area contributed by atoms with Crippen LogP contribution >= 0.6 is 0 Å². The summed E-state index contributed by atoms with van der Waals surface area (Å²) in [6.45, 7) is 10.1. The predicted octanol–water partition coefficient (Wildman–Crippen LogP) is 2.38. The zero-order valence-corrected chi connectivity index (χ0v) is 30.0. The molecule has 2 heterocycles. The smallest absolute Gasteiger partial charge is 0.377 e. The SMILES string of the molecule is CO[Si](CCCNC(=O)N1CCN=C1C(C)(C)N=NC(C)(C)C1=NCCN1C(=O)NCCC[Si](OC)(OC)OC)(OC)OC. The quantitative estimate of drug-likeness (QED) is 0.128. The molecule has 0 aromatic heterocycles. The van der Waals surface area contributed by atoms with E-state index >= 15 is 0 Å². The number of azo groups is 1. The Hall–Kier alpha value is -2.33. The number of hydrogen-bond donors (Lipinski definition) is 2. The van der Waals surface area contributed by atoms with Gasteiger partial charge >= 0.3 is 29.7 Å². The minimum absolute atomic E-state index is 0.257. The number of hydrogen-bond acceptors (Lipinski definition) is 12. The van der Waals surface area contributed by atoms with Crippen molar-refractivity contribution in [3.05, 3.63) is 0 Å². The molecule has 16 nitrogen and oxygen atoms in total. The summed E-state index contributed by atoms with van der Waals surface area (Å²) in [7, 11) is 3.99. The molecule has 0 saturated carbocycles. The Morgan fingerprint density at radius 3 is 1.30 bits per heavy atom. The highest BCUT2D eigenvalue weighted by Gasteiger charge is 2.41. The molecule has 252 valence electrons. The van der Waals surface area contributed by atoms with Crippen LogP contribution in [0.3, 0.4) is 0 Å². The summed E-state index contributed by atoms with van der Waals surface area (Å²) < 4.78 is 32.7. The maximum atomic E-state index is 13.1. The van der Waals surface area contributed by atoms with E-state index < -0.39 is 28.7 Å². The highest BCUT2D eigenvalue weighted by molar-refractivity contribution is 6.60. The third-order valence-electron chi connectivity index (χ3n) is 7.55. The molecule has 0 unspecified atom stereocenters. The van der Waals surface area contributed by atoms with E-state index in [1.807, 2.05) is 27.7 Å². The van der Waals surface area contributed by atoms with Crippen molar-refractivity contribution in [2.45, 2.75) is 63.7 Å². The topological polar surface area (TPSA) is 169 Å². The zero-order valence-electron chi connectivity index (χ0n) is 28.0. The fourth-order valence-electron chi connectivity index (χ4n) is 4.98. The number of aliphatic imine (C=N–C) groups is 2. The summed E-state index contributed by atoms with van der Waals surface area (Å²) in [5, 5.41) is 15.1. The van der Waals surface area contributed by atoms with Crippen molar-refractivity contribution in [1.82, 2.24) is 20.4 Å². The van der Waals surface area contributed by atoms with Gasteiger partial charge in [-0.15, -0.1) is 0 Å². The third-order valence-corrected chi connectivity index (χ3v) is 13.2. The molecule has 0 aromatic carbocycles. The highest BCUT2D eigenvalue weighted by Crippen LogP contribution is 2.25. The molecule has 44 heavy (non-hydrogen) atoms. The first-order chi connectivity index (χ1) is 20.8. The number of amidine groups is 2. The number of carbonyl (C=O) groups is 2. The normalized spacial score (nSPS) is 16.5. The van der Waals surface area contributed by atoms with E-state index in [0.29, 0.717) is 75.9 Å². The zero-order chi connectivity index (χ0) is 33.0. The predicted molar refractivity (Wildman–Crippen MR) is 170 cm³/mol. The molecule has 0 aliphatic carbocycles.